The Hall–Kier alpha value is -4.27. The third kappa shape index (κ3) is 2.67. The highest BCUT2D eigenvalue weighted by Crippen LogP contribution is 2.31. The summed E-state index contributed by atoms with van der Waals surface area (Å²) in [4.78, 5) is 21.6. The number of imidazole rings is 2. The monoisotopic (exact) mass is 409 g/mol. The Morgan fingerprint density at radius 3 is 2.68 bits per heavy atom. The molecule has 0 radical (unpaired) electrons. The van der Waals surface area contributed by atoms with Gasteiger partial charge in [-0.05, 0) is 38.1 Å². The molecule has 0 aliphatic rings. The van der Waals surface area contributed by atoms with Crippen molar-refractivity contribution >= 4 is 21.9 Å². The van der Waals surface area contributed by atoms with Gasteiger partial charge in [-0.1, -0.05) is 0 Å². The SMILES string of the molecule is Cc1cn(-c2nccc3[nH]c(-c4n[nH]c5ccc(-c6cnc(C)n6C)nc45)cc23)cn1. The van der Waals surface area contributed by atoms with E-state index >= 15 is 0 Å². The molecular weight excluding hydrogens is 390 g/mol. The Balaban J connectivity index is 1.52. The fourth-order valence-electron chi connectivity index (χ4n) is 3.88. The molecule has 0 aliphatic heterocycles. The van der Waals surface area contributed by atoms with Crippen LogP contribution in [0.5, 0.6) is 0 Å². The third-order valence-electron chi connectivity index (χ3n) is 5.63. The molecule has 0 amide bonds. The number of rotatable bonds is 3. The predicted molar refractivity (Wildman–Crippen MR) is 118 cm³/mol. The molecule has 6 rings (SSSR count). The van der Waals surface area contributed by atoms with Crippen LogP contribution < -0.4 is 0 Å². The zero-order valence-electron chi connectivity index (χ0n) is 17.2. The van der Waals surface area contributed by atoms with Gasteiger partial charge in [-0.2, -0.15) is 5.10 Å². The van der Waals surface area contributed by atoms with Gasteiger partial charge in [0.15, 0.2) is 0 Å². The van der Waals surface area contributed by atoms with Crippen LogP contribution in [0.2, 0.25) is 0 Å². The summed E-state index contributed by atoms with van der Waals surface area (Å²) < 4.78 is 3.96. The molecule has 6 aromatic heterocycles. The van der Waals surface area contributed by atoms with Crippen LogP contribution in [-0.2, 0) is 7.05 Å². The summed E-state index contributed by atoms with van der Waals surface area (Å²) in [6, 6.07) is 8.00. The van der Waals surface area contributed by atoms with Crippen LogP contribution >= 0.6 is 0 Å². The fourth-order valence-corrected chi connectivity index (χ4v) is 3.88. The van der Waals surface area contributed by atoms with Crippen molar-refractivity contribution in [3.05, 3.63) is 60.7 Å². The maximum atomic E-state index is 4.90. The summed E-state index contributed by atoms with van der Waals surface area (Å²) in [5.74, 6) is 1.76. The lowest BCUT2D eigenvalue weighted by molar-refractivity contribution is 0.862. The van der Waals surface area contributed by atoms with Gasteiger partial charge in [-0.25, -0.2) is 19.9 Å². The van der Waals surface area contributed by atoms with Crippen LogP contribution in [0.3, 0.4) is 0 Å². The normalized spacial score (nSPS) is 11.7. The first-order chi connectivity index (χ1) is 15.1. The quantitative estimate of drug-likeness (QED) is 0.464. The number of pyridine rings is 2. The summed E-state index contributed by atoms with van der Waals surface area (Å²) in [5.41, 5.74) is 7.04. The topological polar surface area (TPSA) is 106 Å². The van der Waals surface area contributed by atoms with Crippen molar-refractivity contribution in [1.82, 2.24) is 44.3 Å². The van der Waals surface area contributed by atoms with Gasteiger partial charge in [0, 0.05) is 24.8 Å². The number of aromatic nitrogens is 9. The van der Waals surface area contributed by atoms with Crippen LogP contribution in [0.1, 0.15) is 11.5 Å². The molecule has 6 heterocycles. The minimum atomic E-state index is 0.764. The van der Waals surface area contributed by atoms with Gasteiger partial charge in [0.25, 0.3) is 0 Å². The molecule has 0 bridgehead atoms. The van der Waals surface area contributed by atoms with E-state index in [-0.39, 0.29) is 0 Å². The van der Waals surface area contributed by atoms with Gasteiger partial charge in [-0.15, -0.1) is 0 Å². The van der Waals surface area contributed by atoms with Crippen molar-refractivity contribution in [2.75, 3.05) is 0 Å². The van der Waals surface area contributed by atoms with Gasteiger partial charge >= 0.3 is 0 Å². The van der Waals surface area contributed by atoms with Crippen molar-refractivity contribution in [2.24, 2.45) is 7.05 Å². The fraction of sp³-hybridized carbons (Fsp3) is 0.136. The molecular formula is C22H19N9. The minimum Gasteiger partial charge on any atom is -0.353 e. The number of aryl methyl sites for hydroxylation is 2. The highest BCUT2D eigenvalue weighted by Gasteiger charge is 2.17. The first kappa shape index (κ1) is 17.6. The number of H-pyrrole nitrogens is 2. The number of aromatic amines is 2. The molecule has 0 saturated carbocycles. The maximum Gasteiger partial charge on any atom is 0.147 e. The molecule has 6 aromatic rings. The lowest BCUT2D eigenvalue weighted by Gasteiger charge is -2.03. The van der Waals surface area contributed by atoms with Gasteiger partial charge in [-0.3, -0.25) is 9.67 Å². The Bertz CT molecular complexity index is 1580. The van der Waals surface area contributed by atoms with Crippen LogP contribution in [-0.4, -0.2) is 44.3 Å². The number of hydrogen-bond donors (Lipinski definition) is 2. The largest absolute Gasteiger partial charge is 0.353 e. The second-order valence-corrected chi connectivity index (χ2v) is 7.62. The highest BCUT2D eigenvalue weighted by molar-refractivity contribution is 5.96. The van der Waals surface area contributed by atoms with E-state index < -0.39 is 0 Å². The number of hydrogen-bond acceptors (Lipinski definition) is 5. The van der Waals surface area contributed by atoms with E-state index in [4.69, 9.17) is 4.98 Å². The molecule has 152 valence electrons. The van der Waals surface area contributed by atoms with Crippen molar-refractivity contribution in [1.29, 1.82) is 0 Å². The first-order valence-corrected chi connectivity index (χ1v) is 9.91. The summed E-state index contributed by atoms with van der Waals surface area (Å²) in [7, 11) is 1.99. The third-order valence-corrected chi connectivity index (χ3v) is 5.63. The van der Waals surface area contributed by atoms with Crippen molar-refractivity contribution in [3.8, 4) is 28.6 Å². The molecule has 0 unspecified atom stereocenters. The Kier molecular flexibility index (Phi) is 3.61. The van der Waals surface area contributed by atoms with E-state index in [0.717, 1.165) is 62.0 Å². The average Bonchev–Trinajstić information content (AvgIpc) is 3.54. The van der Waals surface area contributed by atoms with Gasteiger partial charge in [0.1, 0.15) is 29.2 Å². The lowest BCUT2D eigenvalue weighted by Crippen LogP contribution is -1.96. The molecule has 2 N–H and O–H groups in total. The Morgan fingerprint density at radius 1 is 1.00 bits per heavy atom. The van der Waals surface area contributed by atoms with Gasteiger partial charge < -0.3 is 9.55 Å². The van der Waals surface area contributed by atoms with Crippen LogP contribution in [0.4, 0.5) is 0 Å². The molecule has 0 aromatic carbocycles. The van der Waals surface area contributed by atoms with Crippen molar-refractivity contribution < 1.29 is 0 Å². The van der Waals surface area contributed by atoms with Gasteiger partial charge in [0.2, 0.25) is 0 Å². The zero-order valence-corrected chi connectivity index (χ0v) is 17.2. The van der Waals surface area contributed by atoms with E-state index in [9.17, 15) is 0 Å². The summed E-state index contributed by atoms with van der Waals surface area (Å²) >= 11 is 0. The second kappa shape index (κ2) is 6.36. The summed E-state index contributed by atoms with van der Waals surface area (Å²) in [6.45, 7) is 3.94. The summed E-state index contributed by atoms with van der Waals surface area (Å²) in [6.07, 6.45) is 7.37. The van der Waals surface area contributed by atoms with E-state index in [1.54, 1.807) is 12.5 Å². The molecule has 9 heteroatoms. The molecule has 0 fully saturated rings. The summed E-state index contributed by atoms with van der Waals surface area (Å²) in [5, 5.41) is 8.63. The Labute approximate surface area is 176 Å². The molecule has 0 aliphatic carbocycles. The molecule has 31 heavy (non-hydrogen) atoms. The molecule has 0 atom stereocenters. The Morgan fingerprint density at radius 2 is 1.90 bits per heavy atom. The lowest BCUT2D eigenvalue weighted by atomic mass is 10.2. The molecule has 0 saturated heterocycles. The van der Waals surface area contributed by atoms with Crippen LogP contribution in [0.15, 0.2) is 49.2 Å². The van der Waals surface area contributed by atoms with E-state index in [2.05, 4.69) is 36.2 Å². The minimum absolute atomic E-state index is 0.764. The number of fused-ring (bicyclic) bond motifs is 2. The highest BCUT2D eigenvalue weighted by atomic mass is 15.1. The predicted octanol–water partition coefficient (Wildman–Crippen LogP) is 3.70. The zero-order chi connectivity index (χ0) is 21.1. The van der Waals surface area contributed by atoms with Crippen molar-refractivity contribution in [3.63, 3.8) is 0 Å². The van der Waals surface area contributed by atoms with Crippen molar-refractivity contribution in [2.45, 2.75) is 13.8 Å². The number of nitrogens with zero attached hydrogens (tertiary/aromatic N) is 7. The molecule has 0 spiro atoms. The number of nitrogens with one attached hydrogen (secondary N) is 2. The van der Waals surface area contributed by atoms with E-state index in [1.807, 2.05) is 60.6 Å². The maximum absolute atomic E-state index is 4.90. The van der Waals surface area contributed by atoms with Gasteiger partial charge in [0.05, 0.1) is 40.0 Å². The average molecular weight is 409 g/mol. The standard InChI is InChI=1S/C22H19N9/c1-12-10-31(11-25-12)22-14-8-18(26-15(14)6-7-23-22)21-20-17(28-29-21)5-4-16(27-20)19-9-24-13(2)30(19)3/h4-11,26H,1-3H3,(H,28,29). The molecule has 9 nitrogen and oxygen atoms in total. The van der Waals surface area contributed by atoms with E-state index in [1.165, 1.54) is 0 Å². The van der Waals surface area contributed by atoms with Crippen LogP contribution in [0.25, 0.3) is 50.5 Å². The first-order valence-electron chi connectivity index (χ1n) is 9.91. The van der Waals surface area contributed by atoms with Crippen LogP contribution in [0, 0.1) is 13.8 Å². The second-order valence-electron chi connectivity index (χ2n) is 7.62. The van der Waals surface area contributed by atoms with E-state index in [0.29, 0.717) is 0 Å². The smallest absolute Gasteiger partial charge is 0.147 e.